The van der Waals surface area contributed by atoms with Crippen LogP contribution < -0.4 is 0 Å². The highest BCUT2D eigenvalue weighted by Gasteiger charge is 1.92. The number of nitrogens with zero attached hydrogens (tertiary/aromatic N) is 1. The van der Waals surface area contributed by atoms with Gasteiger partial charge in [0.15, 0.2) is 0 Å². The molecule has 0 amide bonds. The molecule has 0 bridgehead atoms. The number of benzene rings is 1. The van der Waals surface area contributed by atoms with Crippen LogP contribution in [0.15, 0.2) is 36.4 Å². The lowest BCUT2D eigenvalue weighted by Gasteiger charge is -1.91. The number of allylic oxidation sites excluding steroid dienone is 1. The van der Waals surface area contributed by atoms with Crippen molar-refractivity contribution in [3.63, 3.8) is 0 Å². The third-order valence-electron chi connectivity index (χ3n) is 1.82. The summed E-state index contributed by atoms with van der Waals surface area (Å²) in [5.74, 6) is 0. The Morgan fingerprint density at radius 3 is 2.64 bits per heavy atom. The van der Waals surface area contributed by atoms with Crippen molar-refractivity contribution >= 4 is 6.08 Å². The van der Waals surface area contributed by atoms with Gasteiger partial charge in [0, 0.05) is 11.3 Å². The van der Waals surface area contributed by atoms with Crippen molar-refractivity contribution in [2.24, 2.45) is 0 Å². The topological polar surface area (TPSA) is 43.1 Å². The molecule has 0 spiro atoms. The standard InChI is InChI=1S/C11H13NO2/c13-12(14)10-6-2-5-9-11-7-3-1-4-8-11/h1,3-5,7-9H,2,6,10H2/b9-5+. The van der Waals surface area contributed by atoms with Gasteiger partial charge in [-0.1, -0.05) is 42.5 Å². The van der Waals surface area contributed by atoms with Crippen molar-refractivity contribution in [3.05, 3.63) is 52.1 Å². The van der Waals surface area contributed by atoms with E-state index in [4.69, 9.17) is 0 Å². The third kappa shape index (κ3) is 4.40. The lowest BCUT2D eigenvalue weighted by Crippen LogP contribution is -1.98. The van der Waals surface area contributed by atoms with E-state index in [-0.39, 0.29) is 11.5 Å². The maximum absolute atomic E-state index is 10.0. The van der Waals surface area contributed by atoms with Gasteiger partial charge in [0.05, 0.1) is 0 Å². The Kier molecular flexibility index (Phi) is 4.41. The fourth-order valence-corrected chi connectivity index (χ4v) is 1.12. The zero-order valence-electron chi connectivity index (χ0n) is 7.93. The molecule has 1 aromatic carbocycles. The van der Waals surface area contributed by atoms with E-state index in [0.717, 1.165) is 12.0 Å². The van der Waals surface area contributed by atoms with E-state index < -0.39 is 0 Å². The highest BCUT2D eigenvalue weighted by molar-refractivity contribution is 5.48. The van der Waals surface area contributed by atoms with Crippen molar-refractivity contribution in [2.75, 3.05) is 6.54 Å². The molecule has 0 unspecified atom stereocenters. The predicted octanol–water partition coefficient (Wildman–Crippen LogP) is 2.76. The summed E-state index contributed by atoms with van der Waals surface area (Å²) in [6, 6.07) is 9.91. The van der Waals surface area contributed by atoms with Crippen LogP contribution in [0.2, 0.25) is 0 Å². The number of nitro groups is 1. The fourth-order valence-electron chi connectivity index (χ4n) is 1.12. The second kappa shape index (κ2) is 5.91. The summed E-state index contributed by atoms with van der Waals surface area (Å²) in [5, 5.41) is 10.0. The Bertz CT molecular complexity index is 306. The Balaban J connectivity index is 2.25. The van der Waals surface area contributed by atoms with E-state index in [1.54, 1.807) is 0 Å². The molecule has 0 atom stereocenters. The fraction of sp³-hybridized carbons (Fsp3) is 0.273. The van der Waals surface area contributed by atoms with Gasteiger partial charge in [0.25, 0.3) is 0 Å². The second-order valence-corrected chi connectivity index (χ2v) is 3.01. The van der Waals surface area contributed by atoms with Crippen LogP contribution >= 0.6 is 0 Å². The second-order valence-electron chi connectivity index (χ2n) is 3.01. The maximum atomic E-state index is 10.0. The van der Waals surface area contributed by atoms with Gasteiger partial charge in [-0.25, -0.2) is 0 Å². The first kappa shape index (κ1) is 10.4. The molecule has 0 fully saturated rings. The zero-order chi connectivity index (χ0) is 10.2. The van der Waals surface area contributed by atoms with Gasteiger partial charge < -0.3 is 0 Å². The predicted molar refractivity (Wildman–Crippen MR) is 56.6 cm³/mol. The molecule has 3 nitrogen and oxygen atoms in total. The van der Waals surface area contributed by atoms with E-state index in [1.807, 2.05) is 42.5 Å². The van der Waals surface area contributed by atoms with Crippen LogP contribution in [0, 0.1) is 10.1 Å². The molecule has 0 heterocycles. The number of rotatable bonds is 5. The van der Waals surface area contributed by atoms with Crippen LogP contribution in [0.4, 0.5) is 0 Å². The van der Waals surface area contributed by atoms with Gasteiger partial charge in [-0.05, 0) is 12.0 Å². The lowest BCUT2D eigenvalue weighted by molar-refractivity contribution is -0.480. The van der Waals surface area contributed by atoms with Crippen LogP contribution in [0.1, 0.15) is 18.4 Å². The first-order valence-corrected chi connectivity index (χ1v) is 4.62. The smallest absolute Gasteiger partial charge is 0.204 e. The summed E-state index contributed by atoms with van der Waals surface area (Å²) < 4.78 is 0. The molecular weight excluding hydrogens is 178 g/mol. The van der Waals surface area contributed by atoms with E-state index in [0.29, 0.717) is 6.42 Å². The molecular formula is C11H13NO2. The van der Waals surface area contributed by atoms with Crippen molar-refractivity contribution in [1.82, 2.24) is 0 Å². The molecule has 1 rings (SSSR count). The monoisotopic (exact) mass is 191 g/mol. The Hall–Kier alpha value is -1.64. The molecule has 0 saturated carbocycles. The van der Waals surface area contributed by atoms with Gasteiger partial charge >= 0.3 is 0 Å². The Labute approximate surface area is 83.2 Å². The molecule has 74 valence electrons. The number of hydrogen-bond acceptors (Lipinski definition) is 2. The third-order valence-corrected chi connectivity index (χ3v) is 1.82. The minimum atomic E-state index is -0.281. The molecule has 0 saturated heterocycles. The van der Waals surface area contributed by atoms with E-state index >= 15 is 0 Å². The number of hydrogen-bond donors (Lipinski definition) is 0. The molecule has 0 aliphatic rings. The average molecular weight is 191 g/mol. The first-order valence-electron chi connectivity index (χ1n) is 4.62. The molecule has 0 radical (unpaired) electrons. The van der Waals surface area contributed by atoms with Crippen LogP contribution in [0.25, 0.3) is 6.08 Å². The van der Waals surface area contributed by atoms with E-state index in [9.17, 15) is 10.1 Å². The van der Waals surface area contributed by atoms with Crippen LogP contribution in [0.5, 0.6) is 0 Å². The highest BCUT2D eigenvalue weighted by atomic mass is 16.6. The molecule has 0 aliphatic heterocycles. The molecule has 3 heteroatoms. The Morgan fingerprint density at radius 1 is 1.29 bits per heavy atom. The summed E-state index contributed by atoms with van der Waals surface area (Å²) in [5.41, 5.74) is 1.13. The lowest BCUT2D eigenvalue weighted by atomic mass is 10.2. The highest BCUT2D eigenvalue weighted by Crippen LogP contribution is 2.02. The molecule has 0 N–H and O–H groups in total. The van der Waals surface area contributed by atoms with Gasteiger partial charge in [-0.3, -0.25) is 10.1 Å². The number of unbranched alkanes of at least 4 members (excludes halogenated alkanes) is 1. The molecule has 0 aromatic heterocycles. The van der Waals surface area contributed by atoms with Gasteiger partial charge in [-0.15, -0.1) is 0 Å². The van der Waals surface area contributed by atoms with Crippen LogP contribution in [-0.4, -0.2) is 11.5 Å². The molecule has 1 aromatic rings. The summed E-state index contributed by atoms with van der Waals surface area (Å²) in [4.78, 5) is 9.73. The van der Waals surface area contributed by atoms with E-state index in [1.165, 1.54) is 0 Å². The Morgan fingerprint density at radius 2 is 2.00 bits per heavy atom. The summed E-state index contributed by atoms with van der Waals surface area (Å²) in [7, 11) is 0. The molecule has 14 heavy (non-hydrogen) atoms. The summed E-state index contributed by atoms with van der Waals surface area (Å²) in [6.45, 7) is 0.0547. The SMILES string of the molecule is O=[N+]([O-])CCC/C=C/c1ccccc1. The van der Waals surface area contributed by atoms with Crippen LogP contribution in [-0.2, 0) is 0 Å². The minimum absolute atomic E-state index is 0.0547. The van der Waals surface area contributed by atoms with Gasteiger partial charge in [0.1, 0.15) is 0 Å². The quantitative estimate of drug-likeness (QED) is 0.408. The van der Waals surface area contributed by atoms with Crippen molar-refractivity contribution in [2.45, 2.75) is 12.8 Å². The van der Waals surface area contributed by atoms with Gasteiger partial charge in [0.2, 0.25) is 6.54 Å². The zero-order valence-corrected chi connectivity index (χ0v) is 7.93. The van der Waals surface area contributed by atoms with Crippen molar-refractivity contribution in [1.29, 1.82) is 0 Å². The van der Waals surface area contributed by atoms with Crippen molar-refractivity contribution in [3.8, 4) is 0 Å². The largest absolute Gasteiger partial charge is 0.265 e. The van der Waals surface area contributed by atoms with E-state index in [2.05, 4.69) is 0 Å². The summed E-state index contributed by atoms with van der Waals surface area (Å²) >= 11 is 0. The normalized spacial score (nSPS) is 10.6. The molecule has 0 aliphatic carbocycles. The van der Waals surface area contributed by atoms with Crippen molar-refractivity contribution < 1.29 is 4.92 Å². The average Bonchev–Trinajstić information content (AvgIpc) is 2.18. The van der Waals surface area contributed by atoms with Gasteiger partial charge in [-0.2, -0.15) is 0 Å². The minimum Gasteiger partial charge on any atom is -0.265 e. The maximum Gasteiger partial charge on any atom is 0.204 e. The summed E-state index contributed by atoms with van der Waals surface area (Å²) in [6.07, 6.45) is 5.32. The van der Waals surface area contributed by atoms with Crippen LogP contribution in [0.3, 0.4) is 0 Å². The first-order chi connectivity index (χ1) is 6.79.